The van der Waals surface area contributed by atoms with Crippen molar-refractivity contribution >= 4 is 21.9 Å². The highest BCUT2D eigenvalue weighted by molar-refractivity contribution is 9.10. The zero-order chi connectivity index (χ0) is 13.7. The highest BCUT2D eigenvalue weighted by atomic mass is 79.9. The molecule has 1 aromatic carbocycles. The summed E-state index contributed by atoms with van der Waals surface area (Å²) in [4.78, 5) is 11.3. The van der Waals surface area contributed by atoms with Crippen LogP contribution in [0.2, 0.25) is 0 Å². The lowest BCUT2D eigenvalue weighted by atomic mass is 10.0. The molecule has 0 unspecified atom stereocenters. The van der Waals surface area contributed by atoms with Crippen LogP contribution in [0.3, 0.4) is 0 Å². The Labute approximate surface area is 111 Å². The molecule has 0 atom stereocenters. The fraction of sp³-hybridized carbons (Fsp3) is 0.333. The first-order chi connectivity index (χ1) is 8.49. The fourth-order valence-electron chi connectivity index (χ4n) is 1.42. The van der Waals surface area contributed by atoms with Gasteiger partial charge in [0.25, 0.3) is 6.43 Å². The summed E-state index contributed by atoms with van der Waals surface area (Å²) in [6.07, 6.45) is -2.79. The van der Waals surface area contributed by atoms with Crippen LogP contribution in [-0.4, -0.2) is 12.6 Å². The molecule has 0 spiro atoms. The Bertz CT molecular complexity index is 498. The summed E-state index contributed by atoms with van der Waals surface area (Å²) >= 11 is 3.00. The van der Waals surface area contributed by atoms with E-state index < -0.39 is 12.4 Å². The van der Waals surface area contributed by atoms with Gasteiger partial charge in [-0.25, -0.2) is 8.78 Å². The van der Waals surface area contributed by atoms with Gasteiger partial charge in [0.15, 0.2) is 0 Å². The molecule has 0 aliphatic heterocycles. The van der Waals surface area contributed by atoms with E-state index in [4.69, 9.17) is 10.00 Å². The first-order valence-electron chi connectivity index (χ1n) is 5.15. The lowest BCUT2D eigenvalue weighted by Crippen LogP contribution is -2.09. The van der Waals surface area contributed by atoms with Crippen molar-refractivity contribution in [3.05, 3.63) is 33.3 Å². The molecule has 0 N–H and O–H groups in total. The topological polar surface area (TPSA) is 50.1 Å². The van der Waals surface area contributed by atoms with E-state index in [0.717, 1.165) is 6.07 Å². The van der Waals surface area contributed by atoms with Crippen molar-refractivity contribution in [1.29, 1.82) is 5.26 Å². The number of carbonyl (C=O) groups is 1. The smallest absolute Gasteiger partial charge is 0.310 e. The number of rotatable bonds is 4. The number of ether oxygens (including phenoxy) is 1. The fourth-order valence-corrected chi connectivity index (χ4v) is 1.98. The van der Waals surface area contributed by atoms with E-state index in [1.807, 2.05) is 0 Å². The number of alkyl halides is 2. The van der Waals surface area contributed by atoms with E-state index in [-0.39, 0.29) is 28.6 Å². The predicted molar refractivity (Wildman–Crippen MR) is 64.2 cm³/mol. The van der Waals surface area contributed by atoms with Crippen LogP contribution in [-0.2, 0) is 16.0 Å². The van der Waals surface area contributed by atoms with Gasteiger partial charge in [0.2, 0.25) is 0 Å². The molecule has 0 saturated carbocycles. The minimum atomic E-state index is -2.68. The number of hydrogen-bond donors (Lipinski definition) is 0. The minimum Gasteiger partial charge on any atom is -0.466 e. The molecule has 6 heteroatoms. The Morgan fingerprint density at radius 1 is 1.56 bits per heavy atom. The van der Waals surface area contributed by atoms with Gasteiger partial charge >= 0.3 is 5.97 Å². The van der Waals surface area contributed by atoms with Gasteiger partial charge in [0, 0.05) is 10.0 Å². The second-order valence-electron chi connectivity index (χ2n) is 3.43. The van der Waals surface area contributed by atoms with Crippen molar-refractivity contribution in [2.45, 2.75) is 19.8 Å². The number of benzene rings is 1. The molecule has 0 aliphatic rings. The molecule has 0 fully saturated rings. The Hall–Kier alpha value is -1.48. The normalized spacial score (nSPS) is 10.2. The van der Waals surface area contributed by atoms with Crippen molar-refractivity contribution in [1.82, 2.24) is 0 Å². The molecule has 0 amide bonds. The first-order valence-corrected chi connectivity index (χ1v) is 5.95. The van der Waals surface area contributed by atoms with Crippen LogP contribution in [0, 0.1) is 11.3 Å². The van der Waals surface area contributed by atoms with E-state index in [1.165, 1.54) is 6.07 Å². The quantitative estimate of drug-likeness (QED) is 0.800. The van der Waals surface area contributed by atoms with Crippen molar-refractivity contribution in [3.63, 3.8) is 0 Å². The summed E-state index contributed by atoms with van der Waals surface area (Å²) in [5.41, 5.74) is 0.160. The highest BCUT2D eigenvalue weighted by Crippen LogP contribution is 2.30. The maximum Gasteiger partial charge on any atom is 0.310 e. The SMILES string of the molecule is CCOC(=O)Cc1cc(Br)c(C(F)F)cc1C#N. The molecule has 1 rings (SSSR count). The Morgan fingerprint density at radius 2 is 2.22 bits per heavy atom. The van der Waals surface area contributed by atoms with Crippen LogP contribution in [0.25, 0.3) is 0 Å². The van der Waals surface area contributed by atoms with Crippen LogP contribution >= 0.6 is 15.9 Å². The van der Waals surface area contributed by atoms with Gasteiger partial charge in [-0.05, 0) is 24.6 Å². The van der Waals surface area contributed by atoms with Gasteiger partial charge in [-0.15, -0.1) is 0 Å². The third-order valence-electron chi connectivity index (χ3n) is 2.22. The van der Waals surface area contributed by atoms with Crippen LogP contribution in [0.15, 0.2) is 16.6 Å². The molecule has 1 aromatic rings. The number of halogens is 3. The number of nitriles is 1. The zero-order valence-electron chi connectivity index (χ0n) is 9.54. The molecule has 0 aliphatic carbocycles. The van der Waals surface area contributed by atoms with Crippen LogP contribution in [0.5, 0.6) is 0 Å². The monoisotopic (exact) mass is 317 g/mol. The Morgan fingerprint density at radius 3 is 2.72 bits per heavy atom. The third kappa shape index (κ3) is 3.50. The highest BCUT2D eigenvalue weighted by Gasteiger charge is 2.17. The summed E-state index contributed by atoms with van der Waals surface area (Å²) in [5, 5.41) is 8.90. The molecule has 18 heavy (non-hydrogen) atoms. The maximum atomic E-state index is 12.6. The van der Waals surface area contributed by atoms with Crippen molar-refractivity contribution in [2.75, 3.05) is 6.61 Å². The third-order valence-corrected chi connectivity index (χ3v) is 2.90. The van der Waals surface area contributed by atoms with Gasteiger partial charge < -0.3 is 4.74 Å². The van der Waals surface area contributed by atoms with Gasteiger partial charge in [-0.1, -0.05) is 15.9 Å². The van der Waals surface area contributed by atoms with Crippen molar-refractivity contribution in [2.24, 2.45) is 0 Å². The summed E-state index contributed by atoms with van der Waals surface area (Å²) in [7, 11) is 0. The van der Waals surface area contributed by atoms with E-state index in [0.29, 0.717) is 5.56 Å². The summed E-state index contributed by atoms with van der Waals surface area (Å²) < 4.78 is 30.2. The second-order valence-corrected chi connectivity index (χ2v) is 4.28. The average molecular weight is 318 g/mol. The molecule has 0 radical (unpaired) electrons. The van der Waals surface area contributed by atoms with E-state index in [1.54, 1.807) is 13.0 Å². The van der Waals surface area contributed by atoms with Gasteiger partial charge in [0.05, 0.1) is 24.7 Å². The number of nitrogens with zero attached hydrogens (tertiary/aromatic N) is 1. The molecule has 0 heterocycles. The number of hydrogen-bond acceptors (Lipinski definition) is 3. The lowest BCUT2D eigenvalue weighted by Gasteiger charge is -2.09. The summed E-state index contributed by atoms with van der Waals surface area (Å²) in [6, 6.07) is 4.25. The molecule has 3 nitrogen and oxygen atoms in total. The van der Waals surface area contributed by atoms with Crippen LogP contribution in [0.1, 0.15) is 30.0 Å². The number of carbonyl (C=O) groups excluding carboxylic acids is 1. The van der Waals surface area contributed by atoms with Crippen LogP contribution in [0.4, 0.5) is 8.78 Å². The number of esters is 1. The molecule has 96 valence electrons. The molecular weight excluding hydrogens is 308 g/mol. The Balaban J connectivity index is 3.10. The van der Waals surface area contributed by atoms with E-state index in [2.05, 4.69) is 15.9 Å². The second kappa shape index (κ2) is 6.45. The maximum absolute atomic E-state index is 12.6. The Kier molecular flexibility index (Phi) is 5.23. The van der Waals surface area contributed by atoms with Gasteiger partial charge in [-0.3, -0.25) is 4.79 Å². The molecule has 0 bridgehead atoms. The van der Waals surface area contributed by atoms with Gasteiger partial charge in [0.1, 0.15) is 0 Å². The van der Waals surface area contributed by atoms with Crippen LogP contribution < -0.4 is 0 Å². The van der Waals surface area contributed by atoms with Gasteiger partial charge in [-0.2, -0.15) is 5.26 Å². The predicted octanol–water partition coefficient (Wildman–Crippen LogP) is 3.36. The first kappa shape index (κ1) is 14.6. The van der Waals surface area contributed by atoms with E-state index in [9.17, 15) is 13.6 Å². The van der Waals surface area contributed by atoms with Crippen molar-refractivity contribution in [3.8, 4) is 6.07 Å². The lowest BCUT2D eigenvalue weighted by molar-refractivity contribution is -0.142. The molecule has 0 aromatic heterocycles. The zero-order valence-corrected chi connectivity index (χ0v) is 11.1. The van der Waals surface area contributed by atoms with E-state index >= 15 is 0 Å². The minimum absolute atomic E-state index is 0.0570. The summed E-state index contributed by atoms with van der Waals surface area (Å²) in [5.74, 6) is -0.495. The largest absolute Gasteiger partial charge is 0.466 e. The average Bonchev–Trinajstić information content (AvgIpc) is 2.29. The summed E-state index contributed by atoms with van der Waals surface area (Å²) in [6.45, 7) is 1.90. The standard InChI is InChI=1S/C12H10BrF2NO2/c1-2-18-11(17)5-7-4-10(13)9(12(14)15)3-8(7)6-16/h3-4,12H,2,5H2,1H3. The van der Waals surface area contributed by atoms with Crippen molar-refractivity contribution < 1.29 is 18.3 Å². The molecular formula is C12H10BrF2NO2. The molecule has 0 saturated heterocycles.